The van der Waals surface area contributed by atoms with E-state index in [0.29, 0.717) is 69.8 Å². The molecule has 1 saturated heterocycles. The lowest BCUT2D eigenvalue weighted by molar-refractivity contribution is 0.0972. The number of halogens is 2. The normalized spacial score (nSPS) is 20.1. The smallest absolute Gasteiger partial charge is 0.410 e. The zero-order valence-electron chi connectivity index (χ0n) is 20.6. The first kappa shape index (κ1) is 25.9. The minimum Gasteiger partial charge on any atom is -0.493 e. The monoisotopic (exact) mass is 585 g/mol. The van der Waals surface area contributed by atoms with Gasteiger partial charge in [0.25, 0.3) is 10.0 Å². The number of anilines is 1. The Bertz CT molecular complexity index is 1610. The highest BCUT2D eigenvalue weighted by Crippen LogP contribution is 2.51. The summed E-state index contributed by atoms with van der Waals surface area (Å²) in [5, 5.41) is 1.39. The molecular formula is C28H25Cl2N3O5S. The van der Waals surface area contributed by atoms with Crippen molar-refractivity contribution >= 4 is 55.9 Å². The van der Waals surface area contributed by atoms with Crippen LogP contribution in [0.3, 0.4) is 0 Å². The molecule has 39 heavy (non-hydrogen) atoms. The molecule has 0 bridgehead atoms. The number of hydrogen-bond acceptors (Lipinski definition) is 5. The third-order valence-corrected chi connectivity index (χ3v) is 9.39. The van der Waals surface area contributed by atoms with Gasteiger partial charge < -0.3 is 19.4 Å². The fourth-order valence-corrected chi connectivity index (χ4v) is 6.85. The van der Waals surface area contributed by atoms with Crippen molar-refractivity contribution in [2.45, 2.75) is 11.5 Å². The molecule has 3 atom stereocenters. The van der Waals surface area contributed by atoms with Crippen molar-refractivity contribution < 1.29 is 22.7 Å². The molecule has 2 fully saturated rings. The van der Waals surface area contributed by atoms with E-state index in [2.05, 4.69) is 9.71 Å². The molecule has 1 unspecified atom stereocenters. The number of nitrogens with one attached hydrogen (secondary N) is 2. The fraction of sp³-hybridized carbons (Fsp3) is 0.250. The van der Waals surface area contributed by atoms with Crippen molar-refractivity contribution in [3.63, 3.8) is 0 Å². The van der Waals surface area contributed by atoms with Crippen LogP contribution in [0.2, 0.25) is 10.0 Å². The molecule has 1 aliphatic carbocycles. The van der Waals surface area contributed by atoms with E-state index in [1.54, 1.807) is 35.4 Å². The van der Waals surface area contributed by atoms with E-state index in [9.17, 15) is 13.2 Å². The number of amides is 1. The highest BCUT2D eigenvalue weighted by atomic mass is 35.5. The summed E-state index contributed by atoms with van der Waals surface area (Å²) in [4.78, 5) is 17.2. The summed E-state index contributed by atoms with van der Waals surface area (Å²) in [7, 11) is -3.85. The van der Waals surface area contributed by atoms with Crippen LogP contribution < -0.4 is 9.46 Å². The maximum atomic E-state index is 13.0. The van der Waals surface area contributed by atoms with Crippen molar-refractivity contribution in [3.05, 3.63) is 88.5 Å². The van der Waals surface area contributed by atoms with E-state index in [1.165, 1.54) is 12.1 Å². The molecule has 202 valence electrons. The second-order valence-electron chi connectivity index (χ2n) is 9.81. The number of sulfonamides is 1. The van der Waals surface area contributed by atoms with E-state index < -0.39 is 10.0 Å². The van der Waals surface area contributed by atoms with Gasteiger partial charge in [-0.05, 0) is 53.8 Å². The van der Waals surface area contributed by atoms with Gasteiger partial charge in [-0.1, -0.05) is 53.5 Å². The number of likely N-dealkylation sites (tertiary alicyclic amines) is 1. The minimum atomic E-state index is -3.85. The van der Waals surface area contributed by atoms with Crippen LogP contribution in [0.4, 0.5) is 10.5 Å². The van der Waals surface area contributed by atoms with E-state index >= 15 is 0 Å². The van der Waals surface area contributed by atoms with Crippen LogP contribution in [0, 0.1) is 17.8 Å². The Morgan fingerprint density at radius 2 is 1.69 bits per heavy atom. The summed E-state index contributed by atoms with van der Waals surface area (Å²) in [6.07, 6.45) is 1.28. The molecule has 11 heteroatoms. The van der Waals surface area contributed by atoms with Crippen molar-refractivity contribution in [3.8, 4) is 5.75 Å². The lowest BCUT2D eigenvalue weighted by Crippen LogP contribution is -2.32. The standard InChI is InChI=1S/C28H25Cl2N3O5S/c29-23-10-11-25(27-26(23)24(30)12-31-27)32-39(35,36)19-8-6-18(7-9-19)37-16-22-20-13-33(14-21(20)22)28(34)38-15-17-4-2-1-3-5-17/h1-12,20-22,31-32H,13-16H2/t20-,21+,22?. The predicted octanol–water partition coefficient (Wildman–Crippen LogP) is 6.17. The number of benzene rings is 3. The Morgan fingerprint density at radius 1 is 0.974 bits per heavy atom. The number of carbonyl (C=O) groups is 1. The molecular weight excluding hydrogens is 561 g/mol. The molecule has 1 saturated carbocycles. The first-order chi connectivity index (χ1) is 18.8. The van der Waals surface area contributed by atoms with Crippen molar-refractivity contribution in [1.29, 1.82) is 0 Å². The highest BCUT2D eigenvalue weighted by molar-refractivity contribution is 7.92. The van der Waals surface area contributed by atoms with Gasteiger partial charge in [0, 0.05) is 30.6 Å². The summed E-state index contributed by atoms with van der Waals surface area (Å²) in [6.45, 7) is 2.12. The Morgan fingerprint density at radius 3 is 2.41 bits per heavy atom. The first-order valence-corrected chi connectivity index (χ1v) is 14.7. The average molecular weight is 586 g/mol. The zero-order chi connectivity index (χ0) is 27.1. The van der Waals surface area contributed by atoms with Crippen molar-refractivity contribution in [2.75, 3.05) is 24.4 Å². The minimum absolute atomic E-state index is 0.101. The van der Waals surface area contributed by atoms with Gasteiger partial charge in [0.05, 0.1) is 32.8 Å². The second-order valence-corrected chi connectivity index (χ2v) is 12.3. The summed E-state index contributed by atoms with van der Waals surface area (Å²) >= 11 is 12.4. The molecule has 1 amide bonds. The lowest BCUT2D eigenvalue weighted by atomic mass is 10.2. The summed E-state index contributed by atoms with van der Waals surface area (Å²) in [6, 6.07) is 19.1. The van der Waals surface area contributed by atoms with E-state index in [0.717, 1.165) is 5.56 Å². The number of hydrogen-bond donors (Lipinski definition) is 2. The van der Waals surface area contributed by atoms with E-state index in [-0.39, 0.29) is 17.6 Å². The van der Waals surface area contributed by atoms with Crippen LogP contribution in [-0.4, -0.2) is 44.1 Å². The van der Waals surface area contributed by atoms with Crippen LogP contribution in [-0.2, 0) is 21.4 Å². The van der Waals surface area contributed by atoms with Gasteiger partial charge in [-0.25, -0.2) is 13.2 Å². The fourth-order valence-electron chi connectivity index (χ4n) is 5.22. The summed E-state index contributed by atoms with van der Waals surface area (Å²) in [5.74, 6) is 1.75. The first-order valence-electron chi connectivity index (χ1n) is 12.5. The van der Waals surface area contributed by atoms with Gasteiger partial charge in [-0.3, -0.25) is 4.72 Å². The SMILES string of the molecule is O=C(OCc1ccccc1)N1C[C@@H]2C(COc3ccc(S(=O)(=O)Nc4ccc(Cl)c5c(Cl)c[nH]c45)cc3)[C@@H]2C1. The lowest BCUT2D eigenvalue weighted by Gasteiger charge is -2.19. The van der Waals surface area contributed by atoms with Gasteiger partial charge in [0.1, 0.15) is 12.4 Å². The van der Waals surface area contributed by atoms with Gasteiger partial charge in [0.2, 0.25) is 0 Å². The molecule has 3 aromatic carbocycles. The number of nitrogens with zero attached hydrogens (tertiary/aromatic N) is 1. The maximum Gasteiger partial charge on any atom is 0.410 e. The van der Waals surface area contributed by atoms with Crippen LogP contribution >= 0.6 is 23.2 Å². The number of piperidine rings is 1. The Labute approximate surface area is 235 Å². The molecule has 1 aromatic heterocycles. The Kier molecular flexibility index (Phi) is 6.82. The van der Waals surface area contributed by atoms with Gasteiger partial charge in [0.15, 0.2) is 0 Å². The molecule has 8 nitrogen and oxygen atoms in total. The number of ether oxygens (including phenoxy) is 2. The summed E-state index contributed by atoms with van der Waals surface area (Å²) < 4.78 is 40.0. The molecule has 2 N–H and O–H groups in total. The number of fused-ring (bicyclic) bond motifs is 2. The number of rotatable bonds is 8. The van der Waals surface area contributed by atoms with Crippen LogP contribution in [0.25, 0.3) is 10.9 Å². The van der Waals surface area contributed by atoms with Crippen LogP contribution in [0.5, 0.6) is 5.75 Å². The van der Waals surface area contributed by atoms with Crippen molar-refractivity contribution in [1.82, 2.24) is 9.88 Å². The maximum absolute atomic E-state index is 13.0. The van der Waals surface area contributed by atoms with E-state index in [4.69, 9.17) is 32.7 Å². The van der Waals surface area contributed by atoms with Crippen LogP contribution in [0.15, 0.2) is 77.8 Å². The Hall–Kier alpha value is -3.40. The average Bonchev–Trinajstić information content (AvgIpc) is 3.23. The molecule has 0 spiro atoms. The molecule has 0 radical (unpaired) electrons. The number of H-pyrrole nitrogens is 1. The highest BCUT2D eigenvalue weighted by Gasteiger charge is 2.57. The number of aromatic amines is 1. The second kappa shape index (κ2) is 10.3. The quantitative estimate of drug-likeness (QED) is 0.257. The van der Waals surface area contributed by atoms with Gasteiger partial charge in [-0.2, -0.15) is 0 Å². The zero-order valence-corrected chi connectivity index (χ0v) is 23.0. The summed E-state index contributed by atoms with van der Waals surface area (Å²) in [5.41, 5.74) is 1.82. The van der Waals surface area contributed by atoms with Crippen LogP contribution in [0.1, 0.15) is 5.56 Å². The number of carbonyl (C=O) groups excluding carboxylic acids is 1. The van der Waals surface area contributed by atoms with Gasteiger partial charge in [-0.15, -0.1) is 0 Å². The molecule has 2 heterocycles. The topological polar surface area (TPSA) is 101 Å². The largest absolute Gasteiger partial charge is 0.493 e. The predicted molar refractivity (Wildman–Crippen MR) is 150 cm³/mol. The van der Waals surface area contributed by atoms with E-state index in [1.807, 2.05) is 30.3 Å². The molecule has 6 rings (SSSR count). The molecule has 1 aliphatic heterocycles. The molecule has 4 aromatic rings. The van der Waals surface area contributed by atoms with Crippen molar-refractivity contribution in [2.24, 2.45) is 17.8 Å². The third-order valence-electron chi connectivity index (χ3n) is 7.39. The third kappa shape index (κ3) is 5.26. The Balaban J connectivity index is 0.999. The van der Waals surface area contributed by atoms with Gasteiger partial charge >= 0.3 is 6.09 Å². The molecule has 2 aliphatic rings. The number of aromatic nitrogens is 1.